The number of phenols is 1. The summed E-state index contributed by atoms with van der Waals surface area (Å²) in [6, 6.07) is 17.6. The van der Waals surface area contributed by atoms with Gasteiger partial charge in [0.15, 0.2) is 0 Å². The first kappa shape index (κ1) is 13.8. The number of aliphatic imine (C=N–C) groups is 1. The Kier molecular flexibility index (Phi) is 3.58. The molecule has 0 radical (unpaired) electrons. The van der Waals surface area contributed by atoms with Gasteiger partial charge in [-0.1, -0.05) is 36.4 Å². The summed E-state index contributed by atoms with van der Waals surface area (Å²) in [5.41, 5.74) is 1.01. The minimum atomic E-state index is -1.03. The minimum Gasteiger partial charge on any atom is -0.507 e. The molecule has 3 aromatic carbocycles. The van der Waals surface area contributed by atoms with Crippen LogP contribution in [-0.2, 0) is 0 Å². The van der Waals surface area contributed by atoms with E-state index in [2.05, 4.69) is 4.99 Å². The van der Waals surface area contributed by atoms with Crippen LogP contribution in [0.5, 0.6) is 5.75 Å². The molecule has 108 valence electrons. The average molecular weight is 291 g/mol. The third kappa shape index (κ3) is 2.67. The zero-order valence-corrected chi connectivity index (χ0v) is 11.6. The molecular formula is C18H13NO3. The number of benzene rings is 3. The Labute approximate surface area is 127 Å². The predicted octanol–water partition coefficient (Wildman–Crippen LogP) is 3.99. The number of fused-ring (bicyclic) bond motifs is 1. The maximum absolute atomic E-state index is 11.2. The second-order valence-corrected chi connectivity index (χ2v) is 4.84. The first-order valence-electron chi connectivity index (χ1n) is 6.73. The molecule has 0 heterocycles. The Balaban J connectivity index is 2.03. The maximum Gasteiger partial charge on any atom is 0.337 e. The van der Waals surface area contributed by atoms with Crippen molar-refractivity contribution in [1.82, 2.24) is 0 Å². The lowest BCUT2D eigenvalue weighted by molar-refractivity contribution is 0.0698. The lowest BCUT2D eigenvalue weighted by Crippen LogP contribution is -1.96. The topological polar surface area (TPSA) is 69.9 Å². The van der Waals surface area contributed by atoms with Crippen LogP contribution in [0.25, 0.3) is 10.8 Å². The highest BCUT2D eigenvalue weighted by Crippen LogP contribution is 2.25. The van der Waals surface area contributed by atoms with E-state index >= 15 is 0 Å². The zero-order valence-electron chi connectivity index (χ0n) is 11.6. The number of hydrogen-bond donors (Lipinski definition) is 2. The van der Waals surface area contributed by atoms with E-state index < -0.39 is 5.97 Å². The number of aromatic hydroxyl groups is 1. The molecule has 0 atom stereocenters. The Morgan fingerprint density at radius 2 is 1.59 bits per heavy atom. The van der Waals surface area contributed by atoms with Gasteiger partial charge in [0.05, 0.1) is 11.3 Å². The van der Waals surface area contributed by atoms with Crippen molar-refractivity contribution in [3.05, 3.63) is 71.8 Å². The monoisotopic (exact) mass is 291 g/mol. The van der Waals surface area contributed by atoms with E-state index in [9.17, 15) is 9.90 Å². The molecule has 0 fully saturated rings. The molecule has 4 heteroatoms. The van der Waals surface area contributed by atoms with E-state index in [0.717, 1.165) is 10.8 Å². The Morgan fingerprint density at radius 1 is 0.955 bits per heavy atom. The van der Waals surface area contributed by atoms with Gasteiger partial charge in [0, 0.05) is 11.8 Å². The SMILES string of the molecule is O=C(O)c1ccccc1N=Cc1cc2ccccc2cc1O. The van der Waals surface area contributed by atoms with Crippen LogP contribution in [0, 0.1) is 0 Å². The maximum atomic E-state index is 11.2. The van der Waals surface area contributed by atoms with E-state index in [-0.39, 0.29) is 11.3 Å². The fourth-order valence-electron chi connectivity index (χ4n) is 2.26. The fourth-order valence-corrected chi connectivity index (χ4v) is 2.26. The number of rotatable bonds is 3. The summed E-state index contributed by atoms with van der Waals surface area (Å²) in [4.78, 5) is 15.4. The van der Waals surface area contributed by atoms with Gasteiger partial charge in [-0.25, -0.2) is 4.79 Å². The van der Waals surface area contributed by atoms with Gasteiger partial charge in [0.2, 0.25) is 0 Å². The number of aromatic carboxylic acids is 1. The van der Waals surface area contributed by atoms with Crippen LogP contribution in [0.2, 0.25) is 0 Å². The third-order valence-corrected chi connectivity index (χ3v) is 3.37. The van der Waals surface area contributed by atoms with Gasteiger partial charge in [0.25, 0.3) is 0 Å². The van der Waals surface area contributed by atoms with Gasteiger partial charge >= 0.3 is 5.97 Å². The highest BCUT2D eigenvalue weighted by atomic mass is 16.4. The van der Waals surface area contributed by atoms with Crippen molar-refractivity contribution in [3.8, 4) is 5.75 Å². The summed E-state index contributed by atoms with van der Waals surface area (Å²) >= 11 is 0. The molecule has 0 amide bonds. The molecule has 0 saturated heterocycles. The molecule has 4 nitrogen and oxygen atoms in total. The van der Waals surface area contributed by atoms with Crippen LogP contribution in [0.4, 0.5) is 5.69 Å². The van der Waals surface area contributed by atoms with Crippen molar-refractivity contribution >= 4 is 28.6 Å². The summed E-state index contributed by atoms with van der Waals surface area (Å²) in [5, 5.41) is 21.1. The lowest BCUT2D eigenvalue weighted by atomic mass is 10.1. The van der Waals surface area contributed by atoms with Crippen LogP contribution >= 0.6 is 0 Å². The Hall–Kier alpha value is -3.14. The molecule has 0 aliphatic carbocycles. The van der Waals surface area contributed by atoms with E-state index in [1.807, 2.05) is 30.3 Å². The second kappa shape index (κ2) is 5.69. The van der Waals surface area contributed by atoms with E-state index in [0.29, 0.717) is 11.3 Å². The molecule has 0 unspecified atom stereocenters. The van der Waals surface area contributed by atoms with E-state index in [1.165, 1.54) is 12.3 Å². The van der Waals surface area contributed by atoms with Gasteiger partial charge in [-0.2, -0.15) is 0 Å². The lowest BCUT2D eigenvalue weighted by Gasteiger charge is -2.03. The third-order valence-electron chi connectivity index (χ3n) is 3.37. The first-order valence-corrected chi connectivity index (χ1v) is 6.73. The summed E-state index contributed by atoms with van der Waals surface area (Å²) < 4.78 is 0. The normalized spacial score (nSPS) is 11.1. The van der Waals surface area contributed by atoms with Crippen molar-refractivity contribution < 1.29 is 15.0 Å². The van der Waals surface area contributed by atoms with Crippen LogP contribution in [0.1, 0.15) is 15.9 Å². The number of para-hydroxylation sites is 1. The van der Waals surface area contributed by atoms with E-state index in [4.69, 9.17) is 5.11 Å². The Morgan fingerprint density at radius 3 is 2.32 bits per heavy atom. The van der Waals surface area contributed by atoms with Crippen LogP contribution in [0.15, 0.2) is 65.7 Å². The molecule has 0 aromatic heterocycles. The van der Waals surface area contributed by atoms with Gasteiger partial charge in [-0.3, -0.25) is 4.99 Å². The molecule has 2 N–H and O–H groups in total. The van der Waals surface area contributed by atoms with Crippen LogP contribution in [-0.4, -0.2) is 22.4 Å². The van der Waals surface area contributed by atoms with Gasteiger partial charge in [-0.05, 0) is 35.0 Å². The average Bonchev–Trinajstić information content (AvgIpc) is 2.53. The fraction of sp³-hybridized carbons (Fsp3) is 0. The standard InChI is InChI=1S/C18H13NO3/c20-17-10-13-6-2-1-5-12(13)9-14(17)11-19-16-8-4-3-7-15(16)18(21)22/h1-11,20H,(H,21,22). The molecule has 0 aliphatic rings. The summed E-state index contributed by atoms with van der Waals surface area (Å²) in [5.74, 6) is -0.925. The van der Waals surface area contributed by atoms with Crippen molar-refractivity contribution in [2.45, 2.75) is 0 Å². The van der Waals surface area contributed by atoms with Gasteiger partial charge in [-0.15, -0.1) is 0 Å². The summed E-state index contributed by atoms with van der Waals surface area (Å²) in [6.07, 6.45) is 1.48. The highest BCUT2D eigenvalue weighted by molar-refractivity contribution is 5.97. The highest BCUT2D eigenvalue weighted by Gasteiger charge is 2.08. The number of carboxylic acid groups (broad SMARTS) is 1. The second-order valence-electron chi connectivity index (χ2n) is 4.84. The first-order chi connectivity index (χ1) is 10.6. The smallest absolute Gasteiger partial charge is 0.337 e. The molecule has 3 aromatic rings. The number of nitrogens with zero attached hydrogens (tertiary/aromatic N) is 1. The molecule has 0 aliphatic heterocycles. The molecule has 0 spiro atoms. The molecular weight excluding hydrogens is 278 g/mol. The number of hydrogen-bond acceptors (Lipinski definition) is 3. The van der Waals surface area contributed by atoms with E-state index in [1.54, 1.807) is 24.3 Å². The number of carboxylic acids is 1. The van der Waals surface area contributed by atoms with Gasteiger partial charge in [0.1, 0.15) is 5.75 Å². The van der Waals surface area contributed by atoms with Crippen molar-refractivity contribution in [2.24, 2.45) is 4.99 Å². The molecule has 0 bridgehead atoms. The zero-order chi connectivity index (χ0) is 15.5. The molecule has 0 saturated carbocycles. The Bertz CT molecular complexity index is 884. The van der Waals surface area contributed by atoms with Crippen molar-refractivity contribution in [3.63, 3.8) is 0 Å². The van der Waals surface area contributed by atoms with Crippen molar-refractivity contribution in [2.75, 3.05) is 0 Å². The molecule has 22 heavy (non-hydrogen) atoms. The van der Waals surface area contributed by atoms with Gasteiger partial charge < -0.3 is 10.2 Å². The summed E-state index contributed by atoms with van der Waals surface area (Å²) in [6.45, 7) is 0. The summed E-state index contributed by atoms with van der Waals surface area (Å²) in [7, 11) is 0. The number of carbonyl (C=O) groups is 1. The predicted molar refractivity (Wildman–Crippen MR) is 86.3 cm³/mol. The minimum absolute atomic E-state index is 0.107. The quantitative estimate of drug-likeness (QED) is 0.717. The molecule has 3 rings (SSSR count). The van der Waals surface area contributed by atoms with Crippen LogP contribution in [0.3, 0.4) is 0 Å². The largest absolute Gasteiger partial charge is 0.507 e. The van der Waals surface area contributed by atoms with Crippen LogP contribution < -0.4 is 0 Å². The van der Waals surface area contributed by atoms with Crippen molar-refractivity contribution in [1.29, 1.82) is 0 Å². The number of phenolic OH excluding ortho intramolecular Hbond substituents is 1.